The van der Waals surface area contributed by atoms with Crippen LogP contribution in [0.1, 0.15) is 10.5 Å². The number of nitrogens with one attached hydrogen (secondary N) is 2. The first-order valence-electron chi connectivity index (χ1n) is 5.70. The van der Waals surface area contributed by atoms with Crippen LogP contribution in [-0.4, -0.2) is 21.1 Å². The molecule has 6 nitrogen and oxygen atoms in total. The normalized spacial score (nSPS) is 10.5. The topological polar surface area (TPSA) is 96.7 Å². The lowest BCUT2D eigenvalue weighted by molar-refractivity contribution is 0.102. The van der Waals surface area contributed by atoms with Crippen LogP contribution < -0.4 is 11.1 Å². The van der Waals surface area contributed by atoms with Crippen LogP contribution in [0.15, 0.2) is 42.6 Å². The largest absolute Gasteiger partial charge is 0.394 e. The van der Waals surface area contributed by atoms with Gasteiger partial charge in [0.25, 0.3) is 5.91 Å². The molecule has 0 radical (unpaired) electrons. The lowest BCUT2D eigenvalue weighted by Gasteiger charge is -2.04. The van der Waals surface area contributed by atoms with Gasteiger partial charge in [0, 0.05) is 5.39 Å². The Balaban J connectivity index is 1.91. The molecule has 0 atom stereocenters. The average molecular weight is 253 g/mol. The second-order valence-corrected chi connectivity index (χ2v) is 4.04. The summed E-state index contributed by atoms with van der Waals surface area (Å²) in [5.41, 5.74) is 7.11. The highest BCUT2D eigenvalue weighted by molar-refractivity contribution is 6.04. The summed E-state index contributed by atoms with van der Waals surface area (Å²) in [6, 6.07) is 11.1. The van der Waals surface area contributed by atoms with Crippen molar-refractivity contribution in [1.29, 1.82) is 0 Å². The van der Waals surface area contributed by atoms with E-state index in [0.29, 0.717) is 17.2 Å². The number of nitrogens with two attached hydrogens (primary N) is 1. The van der Waals surface area contributed by atoms with E-state index in [2.05, 4.69) is 20.5 Å². The van der Waals surface area contributed by atoms with E-state index in [1.54, 1.807) is 6.07 Å². The lowest BCUT2D eigenvalue weighted by Crippen LogP contribution is -2.14. The van der Waals surface area contributed by atoms with E-state index in [9.17, 15) is 4.79 Å². The summed E-state index contributed by atoms with van der Waals surface area (Å²) in [6.45, 7) is 0. The number of anilines is 2. The Bertz CT molecular complexity index is 749. The monoisotopic (exact) mass is 253 g/mol. The van der Waals surface area contributed by atoms with Gasteiger partial charge in [-0.2, -0.15) is 5.10 Å². The van der Waals surface area contributed by atoms with Crippen molar-refractivity contribution in [1.82, 2.24) is 15.2 Å². The minimum atomic E-state index is -0.332. The molecule has 3 rings (SSSR count). The molecule has 94 valence electrons. The fourth-order valence-electron chi connectivity index (χ4n) is 1.77. The predicted molar refractivity (Wildman–Crippen MR) is 72.7 cm³/mol. The number of para-hydroxylation sites is 1. The Labute approximate surface area is 108 Å². The van der Waals surface area contributed by atoms with Gasteiger partial charge >= 0.3 is 0 Å². The van der Waals surface area contributed by atoms with Crippen molar-refractivity contribution >= 4 is 28.3 Å². The highest BCUT2D eigenvalue weighted by atomic mass is 16.2. The molecule has 0 aliphatic heterocycles. The number of rotatable bonds is 2. The number of nitrogens with zero attached hydrogens (tertiary/aromatic N) is 2. The van der Waals surface area contributed by atoms with Crippen molar-refractivity contribution in [2.24, 2.45) is 0 Å². The van der Waals surface area contributed by atoms with Crippen LogP contribution in [0.3, 0.4) is 0 Å². The molecule has 0 aliphatic carbocycles. The molecule has 4 N–H and O–H groups in total. The smallest absolute Gasteiger partial charge is 0.275 e. The number of aromatic nitrogens is 3. The Kier molecular flexibility index (Phi) is 2.60. The number of benzene rings is 1. The molecule has 0 bridgehead atoms. The Morgan fingerprint density at radius 2 is 2.05 bits per heavy atom. The number of carbonyl (C=O) groups excluding carboxylic acids is 1. The van der Waals surface area contributed by atoms with Gasteiger partial charge in [-0.05, 0) is 12.1 Å². The summed E-state index contributed by atoms with van der Waals surface area (Å²) in [5.74, 6) is 0.0432. The zero-order valence-corrected chi connectivity index (χ0v) is 9.92. The first-order valence-corrected chi connectivity index (χ1v) is 5.70. The molecular weight excluding hydrogens is 242 g/mol. The van der Waals surface area contributed by atoms with Crippen LogP contribution in [-0.2, 0) is 0 Å². The maximum Gasteiger partial charge on any atom is 0.275 e. The number of amides is 1. The third-order valence-electron chi connectivity index (χ3n) is 2.74. The van der Waals surface area contributed by atoms with Crippen molar-refractivity contribution < 1.29 is 4.79 Å². The maximum absolute atomic E-state index is 12.0. The van der Waals surface area contributed by atoms with Gasteiger partial charge in [-0.3, -0.25) is 9.89 Å². The summed E-state index contributed by atoms with van der Waals surface area (Å²) >= 11 is 0. The molecular formula is C13H11N5O. The summed E-state index contributed by atoms with van der Waals surface area (Å²) in [4.78, 5) is 16.3. The van der Waals surface area contributed by atoms with E-state index in [0.717, 1.165) is 10.9 Å². The molecule has 19 heavy (non-hydrogen) atoms. The van der Waals surface area contributed by atoms with E-state index in [4.69, 9.17) is 5.73 Å². The van der Waals surface area contributed by atoms with Crippen LogP contribution in [0, 0.1) is 0 Å². The van der Waals surface area contributed by atoms with Gasteiger partial charge < -0.3 is 11.1 Å². The molecule has 6 heteroatoms. The van der Waals surface area contributed by atoms with Gasteiger partial charge in [0.05, 0.1) is 17.4 Å². The SMILES string of the molecule is Nc1cn[nH]c1NC(=O)c1ccc2ccccc2n1. The number of H-pyrrole nitrogens is 1. The van der Waals surface area contributed by atoms with E-state index < -0.39 is 0 Å². The molecule has 0 aliphatic rings. The first-order chi connectivity index (χ1) is 9.24. The molecule has 0 saturated heterocycles. The van der Waals surface area contributed by atoms with E-state index in [1.807, 2.05) is 30.3 Å². The maximum atomic E-state index is 12.0. The molecule has 0 fully saturated rings. The van der Waals surface area contributed by atoms with Crippen LogP contribution in [0.2, 0.25) is 0 Å². The quantitative estimate of drug-likeness (QED) is 0.648. The fourth-order valence-corrected chi connectivity index (χ4v) is 1.77. The standard InChI is InChI=1S/C13H11N5O/c14-9-7-15-18-12(9)17-13(19)11-6-5-8-3-1-2-4-10(8)16-11/h1-7H,14H2,(H2,15,17,18,19). The van der Waals surface area contributed by atoms with Gasteiger partial charge in [-0.1, -0.05) is 24.3 Å². The Hall–Kier alpha value is -2.89. The van der Waals surface area contributed by atoms with E-state index in [1.165, 1.54) is 6.20 Å². The van der Waals surface area contributed by atoms with E-state index >= 15 is 0 Å². The highest BCUT2D eigenvalue weighted by Gasteiger charge is 2.11. The van der Waals surface area contributed by atoms with Crippen LogP contribution in [0.4, 0.5) is 11.5 Å². The molecule has 2 aromatic heterocycles. The first kappa shape index (κ1) is 11.2. The zero-order valence-electron chi connectivity index (χ0n) is 9.92. The molecule has 0 saturated carbocycles. The number of nitrogen functional groups attached to an aromatic ring is 1. The summed E-state index contributed by atoms with van der Waals surface area (Å²) in [5, 5.41) is 9.95. The van der Waals surface area contributed by atoms with Crippen molar-refractivity contribution in [2.45, 2.75) is 0 Å². The van der Waals surface area contributed by atoms with Gasteiger partial charge in [-0.15, -0.1) is 0 Å². The minimum absolute atomic E-state index is 0.327. The fraction of sp³-hybridized carbons (Fsp3) is 0. The van der Waals surface area contributed by atoms with E-state index in [-0.39, 0.29) is 5.91 Å². The molecule has 0 unspecified atom stereocenters. The third-order valence-corrected chi connectivity index (χ3v) is 2.74. The minimum Gasteiger partial charge on any atom is -0.394 e. The lowest BCUT2D eigenvalue weighted by atomic mass is 10.2. The van der Waals surface area contributed by atoms with Gasteiger partial charge in [0.2, 0.25) is 0 Å². The number of hydrogen-bond acceptors (Lipinski definition) is 4. The number of carbonyl (C=O) groups is 1. The molecule has 1 amide bonds. The average Bonchev–Trinajstić information content (AvgIpc) is 2.84. The molecule has 0 spiro atoms. The third kappa shape index (κ3) is 2.11. The number of pyridine rings is 1. The highest BCUT2D eigenvalue weighted by Crippen LogP contribution is 2.15. The molecule has 3 aromatic rings. The molecule has 1 aromatic carbocycles. The predicted octanol–water partition coefficient (Wildman–Crippen LogP) is 1.79. The Morgan fingerprint density at radius 3 is 2.84 bits per heavy atom. The van der Waals surface area contributed by atoms with Crippen LogP contribution >= 0.6 is 0 Å². The summed E-state index contributed by atoms with van der Waals surface area (Å²) in [7, 11) is 0. The van der Waals surface area contributed by atoms with Crippen molar-refractivity contribution in [3.05, 3.63) is 48.3 Å². The van der Waals surface area contributed by atoms with Crippen molar-refractivity contribution in [2.75, 3.05) is 11.1 Å². The second-order valence-electron chi connectivity index (χ2n) is 4.04. The summed E-state index contributed by atoms with van der Waals surface area (Å²) < 4.78 is 0. The number of aromatic amines is 1. The van der Waals surface area contributed by atoms with Crippen molar-refractivity contribution in [3.63, 3.8) is 0 Å². The van der Waals surface area contributed by atoms with Gasteiger partial charge in [0.1, 0.15) is 5.69 Å². The van der Waals surface area contributed by atoms with Crippen LogP contribution in [0.25, 0.3) is 10.9 Å². The zero-order chi connectivity index (χ0) is 13.2. The van der Waals surface area contributed by atoms with Gasteiger partial charge in [0.15, 0.2) is 5.82 Å². The van der Waals surface area contributed by atoms with Crippen molar-refractivity contribution in [3.8, 4) is 0 Å². The number of hydrogen-bond donors (Lipinski definition) is 3. The Morgan fingerprint density at radius 1 is 1.21 bits per heavy atom. The molecule has 2 heterocycles. The number of fused-ring (bicyclic) bond motifs is 1. The second kappa shape index (κ2) is 4.41. The summed E-state index contributed by atoms with van der Waals surface area (Å²) in [6.07, 6.45) is 1.43. The van der Waals surface area contributed by atoms with Gasteiger partial charge in [-0.25, -0.2) is 4.98 Å². The van der Waals surface area contributed by atoms with Crippen LogP contribution in [0.5, 0.6) is 0 Å².